The quantitative estimate of drug-likeness (QED) is 0.407. The second-order valence-corrected chi connectivity index (χ2v) is 9.02. The molecule has 12 heteroatoms. The maximum Gasteiger partial charge on any atom is 0.332 e. The Morgan fingerprint density at radius 3 is 2.65 bits per heavy atom. The van der Waals surface area contributed by atoms with Gasteiger partial charge in [0.2, 0.25) is 0 Å². The lowest BCUT2D eigenvalue weighted by molar-refractivity contribution is -0.147. The average Bonchev–Trinajstić information content (AvgIpc) is 3.04. The SMILES string of the molecule is Cn1c(Nc2ccc(I)cc2Cl)c(C(=O)NOC[C@H]2COC(C)(C)O2)c(=O)n(C)c1=O. The zero-order valence-electron chi connectivity index (χ0n) is 17.3. The molecule has 0 bridgehead atoms. The van der Waals surface area contributed by atoms with Gasteiger partial charge in [-0.25, -0.2) is 10.3 Å². The van der Waals surface area contributed by atoms with Crippen LogP contribution in [0.3, 0.4) is 0 Å². The molecule has 10 nitrogen and oxygen atoms in total. The standard InChI is InChI=1S/C19H22ClIN4O6/c1-19(2)29-8-11(31-19)9-30-23-16(26)14-15(24(3)18(28)25(4)17(14)27)22-13-6-5-10(21)7-12(13)20/h5-7,11,22H,8-9H2,1-4H3,(H,23,26)/t11-/m1/s1. The molecular weight excluding hydrogens is 543 g/mol. The van der Waals surface area contributed by atoms with E-state index in [-0.39, 0.29) is 24.1 Å². The Hall–Kier alpha value is -1.93. The number of halogens is 2. The van der Waals surface area contributed by atoms with Crippen LogP contribution in [0.2, 0.25) is 5.02 Å². The largest absolute Gasteiger partial charge is 0.348 e. The third-order valence-electron chi connectivity index (χ3n) is 4.58. The first-order valence-electron chi connectivity index (χ1n) is 9.26. The molecule has 0 radical (unpaired) electrons. The number of hydrogen-bond donors (Lipinski definition) is 2. The van der Waals surface area contributed by atoms with E-state index in [9.17, 15) is 14.4 Å². The van der Waals surface area contributed by atoms with Gasteiger partial charge in [0, 0.05) is 17.7 Å². The summed E-state index contributed by atoms with van der Waals surface area (Å²) in [5, 5.41) is 3.29. The molecular formula is C19H22ClIN4O6. The Morgan fingerprint density at radius 1 is 1.32 bits per heavy atom. The van der Waals surface area contributed by atoms with E-state index < -0.39 is 22.9 Å². The van der Waals surface area contributed by atoms with Crippen molar-refractivity contribution in [2.45, 2.75) is 25.7 Å². The van der Waals surface area contributed by atoms with Gasteiger partial charge in [0.1, 0.15) is 24.1 Å². The number of aromatic nitrogens is 2. The topological polar surface area (TPSA) is 113 Å². The molecule has 1 atom stereocenters. The van der Waals surface area contributed by atoms with Crippen LogP contribution in [0.4, 0.5) is 11.5 Å². The highest BCUT2D eigenvalue weighted by molar-refractivity contribution is 14.1. The number of hydrogen-bond acceptors (Lipinski definition) is 7. The molecule has 0 unspecified atom stereocenters. The maximum atomic E-state index is 12.8. The molecule has 0 spiro atoms. The van der Waals surface area contributed by atoms with Crippen LogP contribution in [-0.4, -0.2) is 40.1 Å². The Bertz CT molecular complexity index is 1130. The van der Waals surface area contributed by atoms with Crippen molar-refractivity contribution < 1.29 is 19.1 Å². The third-order valence-corrected chi connectivity index (χ3v) is 5.56. The summed E-state index contributed by atoms with van der Waals surface area (Å²) in [5.74, 6) is -1.56. The van der Waals surface area contributed by atoms with E-state index >= 15 is 0 Å². The van der Waals surface area contributed by atoms with Gasteiger partial charge in [0.05, 0.1) is 17.3 Å². The van der Waals surface area contributed by atoms with E-state index in [2.05, 4.69) is 33.4 Å². The van der Waals surface area contributed by atoms with Gasteiger partial charge in [0.25, 0.3) is 11.5 Å². The Morgan fingerprint density at radius 2 is 2.03 bits per heavy atom. The van der Waals surface area contributed by atoms with Crippen molar-refractivity contribution in [3.05, 3.63) is 53.2 Å². The van der Waals surface area contributed by atoms with Crippen LogP contribution in [0.5, 0.6) is 0 Å². The van der Waals surface area contributed by atoms with Gasteiger partial charge in [-0.2, -0.15) is 0 Å². The van der Waals surface area contributed by atoms with Crippen LogP contribution in [0, 0.1) is 3.57 Å². The highest BCUT2D eigenvalue weighted by atomic mass is 127. The zero-order chi connectivity index (χ0) is 22.9. The fourth-order valence-electron chi connectivity index (χ4n) is 3.01. The number of nitrogens with zero attached hydrogens (tertiary/aromatic N) is 2. The van der Waals surface area contributed by atoms with Crippen LogP contribution in [0.15, 0.2) is 27.8 Å². The molecule has 0 saturated carbocycles. The van der Waals surface area contributed by atoms with Crippen molar-refractivity contribution in [2.75, 3.05) is 18.5 Å². The molecule has 1 aliphatic rings. The van der Waals surface area contributed by atoms with Gasteiger partial charge in [-0.1, -0.05) is 11.6 Å². The lowest BCUT2D eigenvalue weighted by atomic mass is 10.2. The van der Waals surface area contributed by atoms with Crippen LogP contribution in [0.25, 0.3) is 0 Å². The molecule has 31 heavy (non-hydrogen) atoms. The maximum absolute atomic E-state index is 12.8. The Labute approximate surface area is 196 Å². The average molecular weight is 565 g/mol. The number of ether oxygens (including phenoxy) is 2. The first-order chi connectivity index (χ1) is 14.5. The summed E-state index contributed by atoms with van der Waals surface area (Å²) in [6.45, 7) is 3.87. The zero-order valence-corrected chi connectivity index (χ0v) is 20.2. The minimum Gasteiger partial charge on any atom is -0.348 e. The third kappa shape index (κ3) is 5.29. The first-order valence-corrected chi connectivity index (χ1v) is 10.7. The molecule has 2 aromatic rings. The molecule has 2 N–H and O–H groups in total. The molecule has 1 aromatic carbocycles. The van der Waals surface area contributed by atoms with Crippen LogP contribution in [-0.2, 0) is 28.4 Å². The number of benzene rings is 1. The molecule has 1 fully saturated rings. The fourth-order valence-corrected chi connectivity index (χ4v) is 3.91. The summed E-state index contributed by atoms with van der Waals surface area (Å²) in [5.41, 5.74) is 0.979. The van der Waals surface area contributed by atoms with Gasteiger partial charge in [-0.05, 0) is 54.6 Å². The van der Waals surface area contributed by atoms with E-state index in [1.807, 2.05) is 0 Å². The molecule has 1 amide bonds. The molecule has 1 saturated heterocycles. The van der Waals surface area contributed by atoms with Gasteiger partial charge >= 0.3 is 5.69 Å². The van der Waals surface area contributed by atoms with Crippen LogP contribution in [0.1, 0.15) is 24.2 Å². The van der Waals surface area contributed by atoms with Gasteiger partial charge in [-0.3, -0.25) is 23.6 Å². The second kappa shape index (κ2) is 9.28. The summed E-state index contributed by atoms with van der Waals surface area (Å²) in [6.07, 6.45) is -0.374. The molecule has 168 valence electrons. The van der Waals surface area contributed by atoms with E-state index in [4.69, 9.17) is 25.9 Å². The van der Waals surface area contributed by atoms with Gasteiger partial charge in [0.15, 0.2) is 5.79 Å². The summed E-state index contributed by atoms with van der Waals surface area (Å²) in [6, 6.07) is 5.18. The molecule has 0 aliphatic carbocycles. The minimum absolute atomic E-state index is 0.0149. The predicted octanol–water partition coefficient (Wildman–Crippen LogP) is 1.90. The van der Waals surface area contributed by atoms with E-state index in [0.29, 0.717) is 17.3 Å². The molecule has 3 rings (SSSR count). The van der Waals surface area contributed by atoms with Crippen molar-refractivity contribution in [3.8, 4) is 0 Å². The van der Waals surface area contributed by atoms with E-state index in [1.165, 1.54) is 14.1 Å². The van der Waals surface area contributed by atoms with Crippen LogP contribution >= 0.6 is 34.2 Å². The summed E-state index contributed by atoms with van der Waals surface area (Å²) in [4.78, 5) is 43.2. The van der Waals surface area contributed by atoms with E-state index in [0.717, 1.165) is 12.7 Å². The number of anilines is 2. The number of carbonyl (C=O) groups is 1. The lowest BCUT2D eigenvalue weighted by Crippen LogP contribution is -2.44. The number of amides is 1. The lowest BCUT2D eigenvalue weighted by Gasteiger charge is -2.18. The molecule has 1 aromatic heterocycles. The van der Waals surface area contributed by atoms with Crippen molar-refractivity contribution >= 4 is 51.6 Å². The predicted molar refractivity (Wildman–Crippen MR) is 123 cm³/mol. The second-order valence-electron chi connectivity index (χ2n) is 7.37. The van der Waals surface area contributed by atoms with Crippen molar-refractivity contribution in [1.82, 2.24) is 14.6 Å². The minimum atomic E-state index is -0.821. The van der Waals surface area contributed by atoms with Crippen molar-refractivity contribution in [2.24, 2.45) is 14.1 Å². The summed E-state index contributed by atoms with van der Waals surface area (Å²) >= 11 is 8.37. The number of rotatable bonds is 6. The fraction of sp³-hybridized carbons (Fsp3) is 0.421. The molecule has 2 heterocycles. The van der Waals surface area contributed by atoms with Crippen molar-refractivity contribution in [3.63, 3.8) is 0 Å². The monoisotopic (exact) mass is 564 g/mol. The Balaban J connectivity index is 1.87. The number of nitrogens with one attached hydrogen (secondary N) is 2. The smallest absolute Gasteiger partial charge is 0.332 e. The number of hydroxylamine groups is 1. The summed E-state index contributed by atoms with van der Waals surface area (Å²) < 4.78 is 13.9. The van der Waals surface area contributed by atoms with Crippen LogP contribution < -0.4 is 22.0 Å². The van der Waals surface area contributed by atoms with Gasteiger partial charge in [-0.15, -0.1) is 0 Å². The van der Waals surface area contributed by atoms with E-state index in [1.54, 1.807) is 32.0 Å². The van der Waals surface area contributed by atoms with Crippen molar-refractivity contribution in [1.29, 1.82) is 0 Å². The first kappa shape index (κ1) is 23.7. The Kier molecular flexibility index (Phi) is 7.11. The molecule has 1 aliphatic heterocycles. The highest BCUT2D eigenvalue weighted by Gasteiger charge is 2.33. The van der Waals surface area contributed by atoms with Gasteiger partial charge < -0.3 is 14.8 Å². The highest BCUT2D eigenvalue weighted by Crippen LogP contribution is 2.27. The summed E-state index contributed by atoms with van der Waals surface area (Å²) in [7, 11) is 2.73. The number of carbonyl (C=O) groups excluding carboxylic acids is 1. The normalized spacial score (nSPS) is 17.5.